The summed E-state index contributed by atoms with van der Waals surface area (Å²) in [6.45, 7) is 0. The first kappa shape index (κ1) is 43.3. The smallest absolute Gasteiger partial charge is 0.282 e. The Morgan fingerprint density at radius 3 is 1.38 bits per heavy atom. The van der Waals surface area contributed by atoms with Gasteiger partial charge in [0.25, 0.3) is 9.07 Å². The number of hydrogen-bond acceptors (Lipinski definition) is 1. The summed E-state index contributed by atoms with van der Waals surface area (Å²) in [6, 6.07) is 0. The quantitative estimate of drug-likeness (QED) is 0.354. The van der Waals surface area contributed by atoms with E-state index in [-0.39, 0.29) is 83.1 Å². The van der Waals surface area contributed by atoms with Crippen molar-refractivity contribution < 1.29 is 43.0 Å². The molecule has 0 rings (SSSR count). The monoisotopic (exact) mass is 278 g/mol. The van der Waals surface area contributed by atoms with Crippen molar-refractivity contribution in [2.45, 2.75) is 0 Å². The van der Waals surface area contributed by atoms with Crippen molar-refractivity contribution in [3.63, 3.8) is 0 Å². The summed E-state index contributed by atoms with van der Waals surface area (Å²) in [5, 5.41) is 0. The summed E-state index contributed by atoms with van der Waals surface area (Å²) in [4.78, 5) is 0. The maximum absolute atomic E-state index is 8.98. The Labute approximate surface area is 104 Å². The molecule has 2 radical (unpaired) electrons. The maximum Gasteiger partial charge on any atom is 0.282 e. The van der Waals surface area contributed by atoms with Crippen molar-refractivity contribution in [2.24, 2.45) is 0 Å². The molecule has 0 aliphatic rings. The van der Waals surface area contributed by atoms with Crippen molar-refractivity contribution >= 4 is 62.5 Å². The summed E-state index contributed by atoms with van der Waals surface area (Å²) < 4.78 is 8.98. The third-order valence-corrected chi connectivity index (χ3v) is 0. The van der Waals surface area contributed by atoms with Crippen LogP contribution in [0.2, 0.25) is 0 Å². The van der Waals surface area contributed by atoms with E-state index in [9.17, 15) is 0 Å². The average Bonchev–Trinajstić information content (AvgIpc) is 0.918. The van der Waals surface area contributed by atoms with E-state index in [0.29, 0.717) is 0 Å². The normalized spacial score (nSPS) is 1.62. The van der Waals surface area contributed by atoms with E-state index in [2.05, 4.69) is 8.79 Å². The van der Waals surface area contributed by atoms with Crippen LogP contribution < -0.4 is 0 Å². The summed E-state index contributed by atoms with van der Waals surface area (Å²) >= 11 is 0. The first-order valence-corrected chi connectivity index (χ1v) is 3.71. The minimum absolute atomic E-state index is 0. The zero-order chi connectivity index (χ0) is 2.71. The molecule has 0 fully saturated rings. The standard InChI is InChI=1S/2Al.Co.H3OPSi.H3P.Ti.5H/c;;;1-3-2;;;;;;;/h;;;3H,2H2;1H3;;;;;;. The predicted molar refractivity (Wildman–Crippen MR) is 47.1 cm³/mol. The fraction of sp³-hybridized carbons (Fsp3) is 0. The molecular formula is H11Al2CoOP2SiTi. The topological polar surface area (TPSA) is 17.1 Å². The second kappa shape index (κ2) is 49.2. The van der Waals surface area contributed by atoms with Crippen LogP contribution in [0.3, 0.4) is 0 Å². The summed E-state index contributed by atoms with van der Waals surface area (Å²) in [6.07, 6.45) is 0. The molecule has 0 aliphatic heterocycles. The van der Waals surface area contributed by atoms with Gasteiger partial charge < -0.3 is 4.46 Å². The van der Waals surface area contributed by atoms with E-state index >= 15 is 0 Å². The predicted octanol–water partition coefficient (Wildman–Crippen LogP) is -2.49. The fourth-order valence-electron chi connectivity index (χ4n) is 0. The van der Waals surface area contributed by atoms with Crippen molar-refractivity contribution in [3.05, 3.63) is 0 Å². The van der Waals surface area contributed by atoms with Gasteiger partial charge in [0.05, 0.1) is 0 Å². The molecule has 0 aromatic rings. The SMILES string of the molecule is O=[SiH]P.P.[AlH2].[AlH3].[Co].[Ti]. The van der Waals surface area contributed by atoms with Crippen LogP contribution in [0.15, 0.2) is 0 Å². The van der Waals surface area contributed by atoms with Crippen LogP contribution in [0.4, 0.5) is 0 Å². The molecule has 0 N–H and O–H groups in total. The van der Waals surface area contributed by atoms with Crippen LogP contribution in [0.1, 0.15) is 0 Å². The van der Waals surface area contributed by atoms with Gasteiger partial charge in [-0.05, 0) is 0 Å². The maximum atomic E-state index is 8.98. The van der Waals surface area contributed by atoms with E-state index in [4.69, 9.17) is 4.46 Å². The van der Waals surface area contributed by atoms with Crippen LogP contribution >= 0.6 is 18.7 Å². The van der Waals surface area contributed by atoms with Gasteiger partial charge in [0.2, 0.25) is 0 Å². The van der Waals surface area contributed by atoms with E-state index < -0.39 is 9.07 Å². The molecule has 2 atom stereocenters. The fourth-order valence-corrected chi connectivity index (χ4v) is 0. The Balaban J connectivity index is -0.00000000200. The summed E-state index contributed by atoms with van der Waals surface area (Å²) in [5.41, 5.74) is 0. The van der Waals surface area contributed by atoms with Gasteiger partial charge >= 0.3 is 0 Å². The van der Waals surface area contributed by atoms with E-state index in [0.717, 1.165) is 0 Å². The third-order valence-electron chi connectivity index (χ3n) is 0. The molecule has 0 amide bonds. The molecule has 0 saturated heterocycles. The molecule has 0 bridgehead atoms. The molecule has 0 aromatic carbocycles. The molecule has 8 heavy (non-hydrogen) atoms. The second-order valence-electron chi connectivity index (χ2n) is 0.136. The molecule has 2 unspecified atom stereocenters. The molecule has 0 aliphatic carbocycles. The van der Waals surface area contributed by atoms with E-state index in [1.807, 2.05) is 0 Å². The largest absolute Gasteiger partial charge is 0.387 e. The molecule has 0 saturated carbocycles. The molecule has 0 aromatic heterocycles. The minimum Gasteiger partial charge on any atom is -0.387 e. The zero-order valence-corrected chi connectivity index (χ0v) is 12.4. The summed E-state index contributed by atoms with van der Waals surface area (Å²) in [7, 11) is 1.52. The van der Waals surface area contributed by atoms with E-state index in [1.54, 1.807) is 0 Å². The molecule has 50 valence electrons. The molecular weight excluding hydrogens is 267 g/mol. The Morgan fingerprint density at radius 1 is 1.38 bits per heavy atom. The first-order valence-electron chi connectivity index (χ1n) is 0.569. The van der Waals surface area contributed by atoms with Crippen LogP contribution in [-0.2, 0) is 43.0 Å². The second-order valence-corrected chi connectivity index (χ2v) is 1.22. The van der Waals surface area contributed by atoms with Gasteiger partial charge in [-0.25, -0.2) is 0 Å². The Kier molecular flexibility index (Phi) is 266. The Bertz CT molecular complexity index is 27.5. The average molecular weight is 278 g/mol. The Hall–Kier alpha value is 3.16. The van der Waals surface area contributed by atoms with Gasteiger partial charge in [-0.15, -0.1) is 0 Å². The van der Waals surface area contributed by atoms with Gasteiger partial charge in [-0.1, -0.05) is 8.79 Å². The Morgan fingerprint density at radius 2 is 1.38 bits per heavy atom. The van der Waals surface area contributed by atoms with Crippen LogP contribution in [0, 0.1) is 0 Å². The first-order chi connectivity index (χ1) is 1.41. The van der Waals surface area contributed by atoms with Gasteiger partial charge in [0.15, 0.2) is 17.4 Å². The molecule has 8 heteroatoms. The van der Waals surface area contributed by atoms with Crippen molar-refractivity contribution in [2.75, 3.05) is 0 Å². The molecule has 0 heterocycles. The zero-order valence-electron chi connectivity index (χ0n) is 4.10. The summed E-state index contributed by atoms with van der Waals surface area (Å²) in [5.74, 6) is 0. The van der Waals surface area contributed by atoms with Gasteiger partial charge in [-0.3, -0.25) is 0 Å². The van der Waals surface area contributed by atoms with Crippen molar-refractivity contribution in [1.29, 1.82) is 0 Å². The van der Waals surface area contributed by atoms with Crippen molar-refractivity contribution in [1.82, 2.24) is 0 Å². The third kappa shape index (κ3) is 61.0. The number of rotatable bonds is 0. The van der Waals surface area contributed by atoms with Gasteiger partial charge in [-0.2, -0.15) is 9.90 Å². The minimum atomic E-state index is -0.583. The van der Waals surface area contributed by atoms with Gasteiger partial charge in [0, 0.05) is 38.5 Å². The van der Waals surface area contributed by atoms with E-state index in [1.165, 1.54) is 0 Å². The van der Waals surface area contributed by atoms with Crippen molar-refractivity contribution in [3.8, 4) is 0 Å². The molecule has 0 spiro atoms. The van der Waals surface area contributed by atoms with Crippen LogP contribution in [0.5, 0.6) is 0 Å². The number of hydrogen-bond donors (Lipinski definition) is 0. The van der Waals surface area contributed by atoms with Crippen LogP contribution in [-0.4, -0.2) is 43.8 Å². The van der Waals surface area contributed by atoms with Gasteiger partial charge in [0.1, 0.15) is 17.4 Å². The molecule has 1 nitrogen and oxygen atoms in total. The van der Waals surface area contributed by atoms with Crippen LogP contribution in [0.25, 0.3) is 0 Å².